The standard InChI is InChI=1S/C11H10O2S2/c1-6-5-14-11-10(6)7(2)8(15-11)3-4-9(12)13/h3-5H,1-2H3,(H,12,13)/b4-3+. The Labute approximate surface area is 95.5 Å². The summed E-state index contributed by atoms with van der Waals surface area (Å²) in [4.78, 5) is 11.5. The van der Waals surface area contributed by atoms with Crippen molar-refractivity contribution < 1.29 is 9.90 Å². The average Bonchev–Trinajstić information content (AvgIpc) is 2.66. The molecule has 2 rings (SSSR count). The quantitative estimate of drug-likeness (QED) is 0.810. The van der Waals surface area contributed by atoms with E-state index in [0.717, 1.165) is 4.88 Å². The average molecular weight is 238 g/mol. The summed E-state index contributed by atoms with van der Waals surface area (Å²) in [6, 6.07) is 0. The van der Waals surface area contributed by atoms with Crippen molar-refractivity contribution in [2.75, 3.05) is 0 Å². The van der Waals surface area contributed by atoms with E-state index in [4.69, 9.17) is 5.11 Å². The Hall–Kier alpha value is -1.13. The number of carbonyl (C=O) groups is 1. The van der Waals surface area contributed by atoms with Gasteiger partial charge in [-0.3, -0.25) is 0 Å². The summed E-state index contributed by atoms with van der Waals surface area (Å²) in [5, 5.41) is 12.0. The molecule has 2 nitrogen and oxygen atoms in total. The number of carboxylic acids is 1. The van der Waals surface area contributed by atoms with Crippen LogP contribution in [0.1, 0.15) is 16.0 Å². The van der Waals surface area contributed by atoms with E-state index in [9.17, 15) is 4.79 Å². The molecule has 0 bridgehead atoms. The second kappa shape index (κ2) is 3.79. The predicted molar refractivity (Wildman–Crippen MR) is 65.8 cm³/mol. The van der Waals surface area contributed by atoms with E-state index in [1.807, 2.05) is 6.92 Å². The van der Waals surface area contributed by atoms with Gasteiger partial charge in [-0.1, -0.05) is 0 Å². The first kappa shape index (κ1) is 10.4. The molecule has 0 saturated heterocycles. The molecule has 4 heteroatoms. The van der Waals surface area contributed by atoms with Gasteiger partial charge < -0.3 is 5.11 Å². The second-order valence-corrected chi connectivity index (χ2v) is 5.53. The summed E-state index contributed by atoms with van der Waals surface area (Å²) in [5.74, 6) is -0.900. The molecule has 15 heavy (non-hydrogen) atoms. The van der Waals surface area contributed by atoms with Gasteiger partial charge in [-0.05, 0) is 36.4 Å². The maximum atomic E-state index is 10.4. The SMILES string of the molecule is Cc1csc2sc(/C=C/C(=O)O)c(C)c12. The number of rotatable bonds is 2. The van der Waals surface area contributed by atoms with E-state index in [1.54, 1.807) is 28.7 Å². The van der Waals surface area contributed by atoms with Gasteiger partial charge in [0.2, 0.25) is 0 Å². The van der Waals surface area contributed by atoms with Gasteiger partial charge in [-0.2, -0.15) is 0 Å². The molecule has 0 saturated carbocycles. The Morgan fingerprint density at radius 2 is 2.20 bits per heavy atom. The summed E-state index contributed by atoms with van der Waals surface area (Å²) < 4.78 is 1.27. The number of hydrogen-bond acceptors (Lipinski definition) is 3. The van der Waals surface area contributed by atoms with E-state index in [-0.39, 0.29) is 0 Å². The molecule has 0 radical (unpaired) electrons. The third-order valence-electron chi connectivity index (χ3n) is 2.27. The fourth-order valence-corrected chi connectivity index (χ4v) is 4.00. The third-order valence-corrected chi connectivity index (χ3v) is 4.75. The van der Waals surface area contributed by atoms with Crippen molar-refractivity contribution in [3.63, 3.8) is 0 Å². The van der Waals surface area contributed by atoms with Crippen LogP contribution in [0.25, 0.3) is 15.5 Å². The van der Waals surface area contributed by atoms with Gasteiger partial charge in [0.15, 0.2) is 0 Å². The molecule has 0 aliphatic rings. The first-order chi connectivity index (χ1) is 7.09. The highest BCUT2D eigenvalue weighted by atomic mass is 32.2. The van der Waals surface area contributed by atoms with Crippen LogP contribution in [0.3, 0.4) is 0 Å². The molecule has 78 valence electrons. The Balaban J connectivity index is 2.54. The zero-order valence-electron chi connectivity index (χ0n) is 8.40. The number of aliphatic carboxylic acids is 1. The lowest BCUT2D eigenvalue weighted by atomic mass is 10.1. The van der Waals surface area contributed by atoms with Gasteiger partial charge in [0.05, 0.1) is 4.01 Å². The summed E-state index contributed by atoms with van der Waals surface area (Å²) >= 11 is 3.38. The highest BCUT2D eigenvalue weighted by molar-refractivity contribution is 7.38. The van der Waals surface area contributed by atoms with Crippen LogP contribution in [0.4, 0.5) is 0 Å². The summed E-state index contributed by atoms with van der Waals surface area (Å²) in [6.07, 6.45) is 2.87. The van der Waals surface area contributed by atoms with Crippen molar-refractivity contribution in [2.24, 2.45) is 0 Å². The van der Waals surface area contributed by atoms with Crippen molar-refractivity contribution in [1.82, 2.24) is 0 Å². The molecule has 0 aromatic carbocycles. The van der Waals surface area contributed by atoms with Crippen LogP contribution in [0, 0.1) is 13.8 Å². The Bertz CT molecular complexity index is 546. The molecule has 0 aliphatic heterocycles. The van der Waals surface area contributed by atoms with Gasteiger partial charge in [0.25, 0.3) is 0 Å². The van der Waals surface area contributed by atoms with E-state index in [0.29, 0.717) is 0 Å². The fourth-order valence-electron chi connectivity index (χ4n) is 1.55. The van der Waals surface area contributed by atoms with E-state index in [2.05, 4.69) is 12.3 Å². The lowest BCUT2D eigenvalue weighted by Crippen LogP contribution is -1.85. The van der Waals surface area contributed by atoms with E-state index in [1.165, 1.54) is 26.6 Å². The van der Waals surface area contributed by atoms with Crippen LogP contribution in [0.15, 0.2) is 11.5 Å². The molecular formula is C11H10O2S2. The molecule has 0 amide bonds. The Kier molecular flexibility index (Phi) is 2.63. The highest BCUT2D eigenvalue weighted by Gasteiger charge is 2.10. The minimum absolute atomic E-state index is 0.900. The summed E-state index contributed by atoms with van der Waals surface area (Å²) in [6.45, 7) is 4.13. The van der Waals surface area contributed by atoms with Crippen molar-refractivity contribution in [2.45, 2.75) is 13.8 Å². The molecule has 2 heterocycles. The van der Waals surface area contributed by atoms with Crippen LogP contribution >= 0.6 is 22.7 Å². The van der Waals surface area contributed by atoms with Crippen LogP contribution in [-0.4, -0.2) is 11.1 Å². The molecule has 2 aromatic rings. The minimum atomic E-state index is -0.900. The Morgan fingerprint density at radius 1 is 1.47 bits per heavy atom. The van der Waals surface area contributed by atoms with Gasteiger partial charge in [0.1, 0.15) is 0 Å². The zero-order valence-corrected chi connectivity index (χ0v) is 10.0. The monoisotopic (exact) mass is 238 g/mol. The normalized spacial score (nSPS) is 11.6. The number of fused-ring (bicyclic) bond motifs is 1. The molecular weight excluding hydrogens is 228 g/mol. The van der Waals surface area contributed by atoms with Crippen molar-refractivity contribution >= 4 is 44.1 Å². The molecule has 1 N–H and O–H groups in total. The largest absolute Gasteiger partial charge is 0.478 e. The molecule has 0 unspecified atom stereocenters. The molecule has 2 aromatic heterocycles. The van der Waals surface area contributed by atoms with Gasteiger partial charge in [0, 0.05) is 16.3 Å². The van der Waals surface area contributed by atoms with E-state index >= 15 is 0 Å². The zero-order chi connectivity index (χ0) is 11.0. The summed E-state index contributed by atoms with van der Waals surface area (Å²) in [5.41, 5.74) is 2.46. The van der Waals surface area contributed by atoms with Crippen LogP contribution in [0.5, 0.6) is 0 Å². The Morgan fingerprint density at radius 3 is 2.80 bits per heavy atom. The number of hydrogen-bond donors (Lipinski definition) is 1. The fraction of sp³-hybridized carbons (Fsp3) is 0.182. The molecule has 0 fully saturated rings. The van der Waals surface area contributed by atoms with Crippen LogP contribution in [-0.2, 0) is 4.79 Å². The lowest BCUT2D eigenvalue weighted by Gasteiger charge is -1.91. The third kappa shape index (κ3) is 1.82. The summed E-state index contributed by atoms with van der Waals surface area (Å²) in [7, 11) is 0. The topological polar surface area (TPSA) is 37.3 Å². The number of thiophene rings is 2. The van der Waals surface area contributed by atoms with Crippen LogP contribution < -0.4 is 0 Å². The number of carboxylic acid groups (broad SMARTS) is 1. The minimum Gasteiger partial charge on any atom is -0.478 e. The number of aryl methyl sites for hydroxylation is 2. The first-order valence-corrected chi connectivity index (χ1v) is 6.17. The molecule has 0 spiro atoms. The van der Waals surface area contributed by atoms with Gasteiger partial charge in [-0.25, -0.2) is 4.79 Å². The van der Waals surface area contributed by atoms with Crippen molar-refractivity contribution in [3.05, 3.63) is 27.5 Å². The predicted octanol–water partition coefficient (Wildman–Crippen LogP) is 3.68. The first-order valence-electron chi connectivity index (χ1n) is 4.48. The van der Waals surface area contributed by atoms with Crippen molar-refractivity contribution in [3.8, 4) is 0 Å². The van der Waals surface area contributed by atoms with Gasteiger partial charge in [-0.15, -0.1) is 22.7 Å². The smallest absolute Gasteiger partial charge is 0.328 e. The van der Waals surface area contributed by atoms with E-state index < -0.39 is 5.97 Å². The van der Waals surface area contributed by atoms with Crippen molar-refractivity contribution in [1.29, 1.82) is 0 Å². The molecule has 0 atom stereocenters. The maximum absolute atomic E-state index is 10.4. The highest BCUT2D eigenvalue weighted by Crippen LogP contribution is 2.38. The lowest BCUT2D eigenvalue weighted by molar-refractivity contribution is -0.131. The van der Waals surface area contributed by atoms with Crippen LogP contribution in [0.2, 0.25) is 0 Å². The molecule has 0 aliphatic carbocycles. The second-order valence-electron chi connectivity index (χ2n) is 3.34. The van der Waals surface area contributed by atoms with Gasteiger partial charge >= 0.3 is 5.97 Å². The maximum Gasteiger partial charge on any atom is 0.328 e.